The van der Waals surface area contributed by atoms with Gasteiger partial charge < -0.3 is 85.7 Å². The van der Waals surface area contributed by atoms with E-state index in [1.165, 1.54) is 0 Å². The Balaban J connectivity index is 0.000000217. The topological polar surface area (TPSA) is 291 Å². The molecule has 0 amide bonds. The fraction of sp³-hybridized carbons (Fsp3) is 0.217. The van der Waals surface area contributed by atoms with Gasteiger partial charge in [-0.25, -0.2) is 0 Å². The maximum atomic E-state index is 6.05. The number of nitrogen functional groups attached to an aromatic ring is 5. The largest absolute Gasteiger partial charge is 0.628 e. The number of nitrogens with two attached hydrogens (primary N) is 8. The Labute approximate surface area is 392 Å². The standard InChI is InChI=1S/C17H24N2O3Si.C15H21N3O3Si.C14H19N3O3Si/c1-13-4-8-16(9-5-13)21-23(3,20-12-14(2)18)22-17-10-6-15(19)7-11-17;1-11(10-16)19-22(20-14-6-2-12(17)3-7-14)21-15-8-4-13(18)5-9-15;15-9-10-18-21(19-13-5-1-11(16)2-6-13)20-14-7-3-12(17)4-8-14/h4-11,14H,12,18-19H2,1-3H3;2-9,11,22H,10,16-18H2,1H3;1-8,21H,9-10,15-17H2. The molecule has 0 saturated heterocycles. The number of hydrogen-bond acceptors (Lipinski definition) is 17. The predicted octanol–water partition coefficient (Wildman–Crippen LogP) is 5.36. The number of aryl methyl sites for hydroxylation is 1. The summed E-state index contributed by atoms with van der Waals surface area (Å²) in [7, 11) is -7.80. The summed E-state index contributed by atoms with van der Waals surface area (Å²) in [6.07, 6.45) is -0.153. The number of benzene rings is 6. The van der Waals surface area contributed by atoms with Crippen molar-refractivity contribution in [3.05, 3.63) is 151 Å². The Morgan fingerprint density at radius 1 is 0.485 bits per heavy atom. The lowest BCUT2D eigenvalue weighted by Crippen LogP contribution is -2.50. The summed E-state index contributed by atoms with van der Waals surface area (Å²) >= 11 is 0. The molecule has 3 atom stereocenters. The number of hydrogen-bond donors (Lipinski definition) is 8. The van der Waals surface area contributed by atoms with E-state index in [1.54, 1.807) is 121 Å². The highest BCUT2D eigenvalue weighted by molar-refractivity contribution is 6.60. The molecule has 3 unspecified atom stereocenters. The van der Waals surface area contributed by atoms with Gasteiger partial charge in [0, 0.05) is 54.1 Å². The molecule has 0 fully saturated rings. The zero-order valence-electron chi connectivity index (χ0n) is 37.8. The predicted molar refractivity (Wildman–Crippen MR) is 269 cm³/mol. The fourth-order valence-corrected chi connectivity index (χ4v) is 9.68. The van der Waals surface area contributed by atoms with Crippen LogP contribution in [0.2, 0.25) is 6.55 Å². The van der Waals surface area contributed by atoms with Crippen molar-refractivity contribution in [2.24, 2.45) is 17.2 Å². The molecular formula is C46H64N8O9Si3. The molecule has 6 aromatic carbocycles. The summed E-state index contributed by atoms with van der Waals surface area (Å²) in [5.74, 6) is 3.95. The Hall–Kier alpha value is -6.47. The third-order valence-electron chi connectivity index (χ3n) is 8.61. The zero-order chi connectivity index (χ0) is 47.9. The third kappa shape index (κ3) is 20.1. The minimum Gasteiger partial charge on any atom is -0.494 e. The highest BCUT2D eigenvalue weighted by Gasteiger charge is 2.40. The molecule has 0 spiro atoms. The summed E-state index contributed by atoms with van der Waals surface area (Å²) < 4.78 is 52.5. The zero-order valence-corrected chi connectivity index (χ0v) is 41.1. The molecule has 66 heavy (non-hydrogen) atoms. The Kier molecular flexibility index (Phi) is 21.4. The van der Waals surface area contributed by atoms with Gasteiger partial charge in [0.05, 0.1) is 19.3 Å². The Morgan fingerprint density at radius 3 is 1.12 bits per heavy atom. The van der Waals surface area contributed by atoms with Crippen LogP contribution in [-0.2, 0) is 13.3 Å². The summed E-state index contributed by atoms with van der Waals surface area (Å²) in [6, 6.07) is 43.1. The lowest BCUT2D eigenvalue weighted by Gasteiger charge is -2.28. The van der Waals surface area contributed by atoms with Crippen LogP contribution in [0.3, 0.4) is 0 Å². The third-order valence-corrected chi connectivity index (χ3v) is 13.6. The molecule has 17 nitrogen and oxygen atoms in total. The summed E-state index contributed by atoms with van der Waals surface area (Å²) in [6.45, 7) is 9.16. The highest BCUT2D eigenvalue weighted by Crippen LogP contribution is 2.24. The van der Waals surface area contributed by atoms with E-state index in [0.717, 1.165) is 5.56 Å². The SMILES string of the molecule is CC(CN)O[SiH](Oc1ccc(N)cc1)Oc1ccc(N)cc1.Cc1ccc(O[Si](C)(OCC(C)N)Oc2ccc(N)cc2)cc1.NCCO[SiH](Oc1ccc(N)cc1)Oc1ccc(N)cc1. The van der Waals surface area contributed by atoms with Gasteiger partial charge in [-0.2, -0.15) is 0 Å². The first-order valence-electron chi connectivity index (χ1n) is 21.1. The van der Waals surface area contributed by atoms with Gasteiger partial charge in [-0.1, -0.05) is 17.7 Å². The van der Waals surface area contributed by atoms with Crippen molar-refractivity contribution in [3.63, 3.8) is 0 Å². The van der Waals surface area contributed by atoms with Gasteiger partial charge in [0.15, 0.2) is 0 Å². The van der Waals surface area contributed by atoms with Gasteiger partial charge in [0.25, 0.3) is 0 Å². The molecule has 354 valence electrons. The molecule has 6 rings (SSSR count). The second kappa shape index (κ2) is 27.1. The van der Waals surface area contributed by atoms with E-state index in [1.807, 2.05) is 51.6 Å². The second-order valence-corrected chi connectivity index (χ2v) is 20.0. The van der Waals surface area contributed by atoms with Gasteiger partial charge in [0.2, 0.25) is 0 Å². The number of rotatable bonds is 21. The first-order valence-corrected chi connectivity index (χ1v) is 26.1. The first kappa shape index (κ1) is 52.2. The van der Waals surface area contributed by atoms with Gasteiger partial charge in [-0.3, -0.25) is 0 Å². The van der Waals surface area contributed by atoms with Crippen LogP contribution in [0.4, 0.5) is 28.4 Å². The molecule has 0 aromatic heterocycles. The van der Waals surface area contributed by atoms with E-state index in [4.69, 9.17) is 85.7 Å². The van der Waals surface area contributed by atoms with Crippen LogP contribution in [-0.4, -0.2) is 66.3 Å². The fourth-order valence-electron chi connectivity index (χ4n) is 5.14. The monoisotopic (exact) mass is 956 g/mol. The Bertz CT molecular complexity index is 2110. The van der Waals surface area contributed by atoms with Crippen molar-refractivity contribution in [2.45, 2.75) is 39.5 Å². The molecule has 20 heteroatoms. The smallest absolute Gasteiger partial charge is 0.494 e. The van der Waals surface area contributed by atoms with Crippen LogP contribution in [0, 0.1) is 6.92 Å². The van der Waals surface area contributed by atoms with Crippen molar-refractivity contribution in [3.8, 4) is 34.5 Å². The molecule has 0 bridgehead atoms. The van der Waals surface area contributed by atoms with Crippen molar-refractivity contribution < 1.29 is 39.8 Å². The molecule has 0 heterocycles. The maximum Gasteiger partial charge on any atom is 0.628 e. The van der Waals surface area contributed by atoms with E-state index in [-0.39, 0.29) is 12.1 Å². The van der Waals surface area contributed by atoms with Crippen LogP contribution >= 0.6 is 0 Å². The van der Waals surface area contributed by atoms with E-state index in [9.17, 15) is 0 Å². The van der Waals surface area contributed by atoms with E-state index in [0.29, 0.717) is 89.2 Å². The molecule has 0 aliphatic heterocycles. The average molecular weight is 957 g/mol. The molecule has 6 aromatic rings. The van der Waals surface area contributed by atoms with Gasteiger partial charge in [-0.15, -0.1) is 0 Å². The first-order chi connectivity index (χ1) is 31.6. The Morgan fingerprint density at radius 2 is 0.803 bits per heavy atom. The number of anilines is 5. The normalized spacial score (nSPS) is 12.6. The molecule has 0 aliphatic rings. The summed E-state index contributed by atoms with van der Waals surface area (Å²) in [4.78, 5) is 0. The average Bonchev–Trinajstić information content (AvgIpc) is 3.30. The van der Waals surface area contributed by atoms with Crippen LogP contribution < -0.4 is 72.4 Å². The van der Waals surface area contributed by atoms with Crippen molar-refractivity contribution in [2.75, 3.05) is 55.0 Å². The van der Waals surface area contributed by atoms with Crippen LogP contribution in [0.1, 0.15) is 19.4 Å². The van der Waals surface area contributed by atoms with Gasteiger partial charge in [0.1, 0.15) is 34.5 Å². The summed E-state index contributed by atoms with van der Waals surface area (Å²) in [5.41, 5.74) is 49.7. The second-order valence-electron chi connectivity index (χ2n) is 14.9. The minimum absolute atomic E-state index is 0.0986. The van der Waals surface area contributed by atoms with E-state index in [2.05, 4.69) is 0 Å². The highest BCUT2D eigenvalue weighted by atomic mass is 28.4. The van der Waals surface area contributed by atoms with E-state index < -0.39 is 27.9 Å². The van der Waals surface area contributed by atoms with Crippen molar-refractivity contribution >= 4 is 56.3 Å². The molecule has 0 radical (unpaired) electrons. The van der Waals surface area contributed by atoms with Crippen molar-refractivity contribution in [1.82, 2.24) is 0 Å². The molecule has 0 aliphatic carbocycles. The quantitative estimate of drug-likeness (QED) is 0.0333. The summed E-state index contributed by atoms with van der Waals surface area (Å²) in [5, 5.41) is 0. The maximum absolute atomic E-state index is 6.05. The van der Waals surface area contributed by atoms with Gasteiger partial charge >= 0.3 is 27.9 Å². The van der Waals surface area contributed by atoms with Crippen LogP contribution in [0.15, 0.2) is 146 Å². The minimum atomic E-state index is -2.95. The van der Waals surface area contributed by atoms with Crippen LogP contribution in [0.25, 0.3) is 0 Å². The van der Waals surface area contributed by atoms with E-state index >= 15 is 0 Å². The van der Waals surface area contributed by atoms with Crippen LogP contribution in [0.5, 0.6) is 34.5 Å². The lowest BCUT2D eigenvalue weighted by atomic mass is 10.2. The lowest BCUT2D eigenvalue weighted by molar-refractivity contribution is 0.147. The van der Waals surface area contributed by atoms with Crippen molar-refractivity contribution in [1.29, 1.82) is 0 Å². The molecule has 16 N–H and O–H groups in total. The molecular weight excluding hydrogens is 893 g/mol. The van der Waals surface area contributed by atoms with Gasteiger partial charge in [-0.05, 0) is 154 Å². The molecule has 0 saturated carbocycles.